The summed E-state index contributed by atoms with van der Waals surface area (Å²) in [6.45, 7) is 3.72. The van der Waals surface area contributed by atoms with E-state index < -0.39 is 28.3 Å². The van der Waals surface area contributed by atoms with Crippen LogP contribution in [0, 0.1) is 11.8 Å². The lowest BCUT2D eigenvalue weighted by molar-refractivity contribution is -0.0110. The second-order valence-electron chi connectivity index (χ2n) is 14.0. The first kappa shape index (κ1) is 31.9. The number of rotatable bonds is 2. The SMILES string of the molecule is COC1CC(N2[C@@H](C)C/C=C/[C@H](O)[C@@H]3CC[C@H]3CN3C[C@@]4(CCCc5cc(Cl)ccc54)COc4ccc(cc43)C(=O)NS2(=O)=O)C1. The molecule has 2 aliphatic heterocycles. The fourth-order valence-electron chi connectivity index (χ4n) is 8.43. The molecule has 11 heteroatoms. The first-order valence-corrected chi connectivity index (χ1v) is 18.4. The molecule has 9 nitrogen and oxygen atoms in total. The molecule has 2 saturated carbocycles. The fourth-order valence-corrected chi connectivity index (χ4v) is 10.2. The van der Waals surface area contributed by atoms with E-state index in [0.717, 1.165) is 42.8 Å². The van der Waals surface area contributed by atoms with Gasteiger partial charge in [0, 0.05) is 48.3 Å². The molecule has 0 aromatic heterocycles. The average molecular weight is 670 g/mol. The smallest absolute Gasteiger partial charge is 0.304 e. The predicted octanol–water partition coefficient (Wildman–Crippen LogP) is 5.00. The zero-order valence-corrected chi connectivity index (χ0v) is 28.1. The number of halogens is 1. The molecule has 1 spiro atoms. The highest BCUT2D eigenvalue weighted by molar-refractivity contribution is 7.87. The van der Waals surface area contributed by atoms with Crippen molar-refractivity contribution in [2.45, 2.75) is 88.0 Å². The summed E-state index contributed by atoms with van der Waals surface area (Å²) in [6.07, 6.45) is 9.52. The number of amides is 1. The minimum Gasteiger partial charge on any atom is -0.490 e. The van der Waals surface area contributed by atoms with Gasteiger partial charge in [0.1, 0.15) is 5.75 Å². The third-order valence-corrected chi connectivity index (χ3v) is 13.1. The lowest BCUT2D eigenvalue weighted by Crippen LogP contribution is -2.57. The Kier molecular flexibility index (Phi) is 8.63. The number of benzene rings is 2. The maximum absolute atomic E-state index is 13.8. The van der Waals surface area contributed by atoms with Crippen molar-refractivity contribution in [1.82, 2.24) is 9.03 Å². The number of anilines is 1. The summed E-state index contributed by atoms with van der Waals surface area (Å²) < 4.78 is 43.5. The van der Waals surface area contributed by atoms with E-state index in [0.29, 0.717) is 44.7 Å². The molecule has 5 aliphatic rings. The number of nitrogens with one attached hydrogen (secondary N) is 1. The van der Waals surface area contributed by atoms with Crippen LogP contribution in [0.2, 0.25) is 5.02 Å². The molecule has 0 saturated heterocycles. The van der Waals surface area contributed by atoms with Gasteiger partial charge in [-0.25, -0.2) is 4.72 Å². The molecule has 2 bridgehead atoms. The molecule has 0 radical (unpaired) electrons. The van der Waals surface area contributed by atoms with Gasteiger partial charge in [-0.2, -0.15) is 12.7 Å². The Bertz CT molecular complexity index is 1630. The summed E-state index contributed by atoms with van der Waals surface area (Å²) in [5.74, 6) is 0.362. The zero-order valence-electron chi connectivity index (χ0n) is 26.5. The van der Waals surface area contributed by atoms with Crippen LogP contribution < -0.4 is 14.4 Å². The normalized spacial score (nSPS) is 35.0. The zero-order chi connectivity index (χ0) is 32.2. The molecule has 2 N–H and O–H groups in total. The Morgan fingerprint density at radius 2 is 1.98 bits per heavy atom. The number of aliphatic hydroxyl groups is 1. The van der Waals surface area contributed by atoms with Crippen molar-refractivity contribution in [2.24, 2.45) is 11.8 Å². The molecule has 248 valence electrons. The quantitative estimate of drug-likeness (QED) is 0.433. The van der Waals surface area contributed by atoms with Gasteiger partial charge >= 0.3 is 10.2 Å². The number of aliphatic hydroxyl groups excluding tert-OH is 1. The maximum Gasteiger partial charge on any atom is 0.304 e. The number of fused-ring (bicyclic) bond motifs is 4. The number of ether oxygens (including phenoxy) is 2. The van der Waals surface area contributed by atoms with Crippen molar-refractivity contribution in [3.63, 3.8) is 0 Å². The maximum atomic E-state index is 13.8. The molecule has 2 heterocycles. The first-order valence-electron chi connectivity index (χ1n) is 16.6. The van der Waals surface area contributed by atoms with Crippen molar-refractivity contribution in [3.05, 3.63) is 70.3 Å². The molecule has 0 unspecified atom stereocenters. The van der Waals surface area contributed by atoms with E-state index in [-0.39, 0.29) is 35.0 Å². The van der Waals surface area contributed by atoms with E-state index in [4.69, 9.17) is 21.1 Å². The lowest BCUT2D eigenvalue weighted by Gasteiger charge is -2.45. The second kappa shape index (κ2) is 12.4. The Morgan fingerprint density at radius 3 is 2.74 bits per heavy atom. The Hall–Kier alpha value is -2.63. The van der Waals surface area contributed by atoms with Gasteiger partial charge in [-0.15, -0.1) is 0 Å². The summed E-state index contributed by atoms with van der Waals surface area (Å²) in [5, 5.41) is 12.0. The van der Waals surface area contributed by atoms with E-state index in [2.05, 4.69) is 21.8 Å². The van der Waals surface area contributed by atoms with Crippen molar-refractivity contribution in [2.75, 3.05) is 31.7 Å². The van der Waals surface area contributed by atoms with Gasteiger partial charge in [-0.05, 0) is 112 Å². The highest BCUT2D eigenvalue weighted by Gasteiger charge is 2.45. The van der Waals surface area contributed by atoms with Crippen LogP contribution in [0.25, 0.3) is 0 Å². The molecular weight excluding hydrogens is 626 g/mol. The molecule has 1 amide bonds. The summed E-state index contributed by atoms with van der Waals surface area (Å²) in [4.78, 5) is 16.0. The topological polar surface area (TPSA) is 108 Å². The molecule has 5 atom stereocenters. The number of methoxy groups -OCH3 is 1. The van der Waals surface area contributed by atoms with Crippen LogP contribution in [0.5, 0.6) is 5.75 Å². The van der Waals surface area contributed by atoms with Crippen LogP contribution >= 0.6 is 11.6 Å². The van der Waals surface area contributed by atoms with E-state index >= 15 is 0 Å². The van der Waals surface area contributed by atoms with Gasteiger partial charge in [0.05, 0.1) is 24.5 Å². The number of nitrogens with zero attached hydrogens (tertiary/aromatic N) is 2. The highest BCUT2D eigenvalue weighted by atomic mass is 35.5. The Morgan fingerprint density at radius 1 is 1.15 bits per heavy atom. The summed E-state index contributed by atoms with van der Waals surface area (Å²) in [6, 6.07) is 10.7. The van der Waals surface area contributed by atoms with Crippen LogP contribution in [-0.4, -0.2) is 74.8 Å². The highest BCUT2D eigenvalue weighted by Crippen LogP contribution is 2.47. The molecular formula is C35H44ClN3O6S. The fraction of sp³-hybridized carbons (Fsp3) is 0.571. The minimum atomic E-state index is -4.19. The lowest BCUT2D eigenvalue weighted by atomic mass is 9.68. The number of hydrogen-bond acceptors (Lipinski definition) is 7. The Labute approximate surface area is 277 Å². The minimum absolute atomic E-state index is 0.0108. The Balaban J connectivity index is 1.27. The average Bonchev–Trinajstić information content (AvgIpc) is 3.12. The monoisotopic (exact) mass is 669 g/mol. The molecule has 46 heavy (non-hydrogen) atoms. The molecule has 3 aliphatic carbocycles. The van der Waals surface area contributed by atoms with Crippen LogP contribution in [-0.2, 0) is 26.8 Å². The summed E-state index contributed by atoms with van der Waals surface area (Å²) in [7, 11) is -2.56. The molecule has 2 fully saturated rings. The summed E-state index contributed by atoms with van der Waals surface area (Å²) >= 11 is 6.41. The van der Waals surface area contributed by atoms with Gasteiger partial charge in [-0.3, -0.25) is 4.79 Å². The van der Waals surface area contributed by atoms with E-state index in [1.807, 2.05) is 25.1 Å². The molecule has 7 rings (SSSR count). The summed E-state index contributed by atoms with van der Waals surface area (Å²) in [5.41, 5.74) is 3.26. The van der Waals surface area contributed by atoms with Crippen LogP contribution in [0.4, 0.5) is 5.69 Å². The van der Waals surface area contributed by atoms with Crippen molar-refractivity contribution < 1.29 is 27.8 Å². The molecule has 2 aromatic rings. The van der Waals surface area contributed by atoms with Gasteiger partial charge < -0.3 is 19.5 Å². The van der Waals surface area contributed by atoms with Crippen LogP contribution in [0.3, 0.4) is 0 Å². The van der Waals surface area contributed by atoms with Crippen molar-refractivity contribution >= 4 is 33.4 Å². The molecule has 2 aromatic carbocycles. The van der Waals surface area contributed by atoms with Crippen molar-refractivity contribution in [3.8, 4) is 5.75 Å². The van der Waals surface area contributed by atoms with E-state index in [1.54, 1.807) is 25.3 Å². The third kappa shape index (κ3) is 5.85. The van der Waals surface area contributed by atoms with E-state index in [9.17, 15) is 18.3 Å². The predicted molar refractivity (Wildman–Crippen MR) is 178 cm³/mol. The van der Waals surface area contributed by atoms with Crippen molar-refractivity contribution in [1.29, 1.82) is 0 Å². The van der Waals surface area contributed by atoms with Gasteiger partial charge in [0.2, 0.25) is 0 Å². The standard InChI is InChI=1S/C35H44ClN3O6S/c1-22-5-3-7-32(40)29-11-8-25(29)19-38-20-35(14-4-6-23-15-26(36)10-12-30(23)35)21-45-33-13-9-24(16-31(33)38)34(41)37-46(42,43)39(22)27-17-28(18-27)44-2/h3,7,9-10,12-13,15-16,22,25,27-29,32,40H,4-6,8,11,14,17-21H2,1-2H3,(H,37,41)/b7-3+/t22-,25-,27?,28?,29+,32-,35-/m0/s1. The van der Waals surface area contributed by atoms with Crippen LogP contribution in [0.15, 0.2) is 48.6 Å². The number of aryl methyl sites for hydroxylation is 1. The number of hydrogen-bond donors (Lipinski definition) is 2. The van der Waals surface area contributed by atoms with E-state index in [1.165, 1.54) is 15.4 Å². The number of carbonyl (C=O) groups is 1. The number of carbonyl (C=O) groups excluding carboxylic acids is 1. The van der Waals surface area contributed by atoms with Gasteiger partial charge in [0.15, 0.2) is 0 Å². The van der Waals surface area contributed by atoms with Gasteiger partial charge in [0.25, 0.3) is 5.91 Å². The second-order valence-corrected chi connectivity index (χ2v) is 16.1. The largest absolute Gasteiger partial charge is 0.490 e. The first-order chi connectivity index (χ1) is 22.1. The van der Waals surface area contributed by atoms with Gasteiger partial charge in [-0.1, -0.05) is 29.8 Å². The third-order valence-electron chi connectivity index (χ3n) is 11.2. The van der Waals surface area contributed by atoms with Crippen LogP contribution in [0.1, 0.15) is 73.4 Å².